The molecule has 82 valence electrons. The second-order valence-corrected chi connectivity index (χ2v) is 4.00. The first kappa shape index (κ1) is 10.2. The number of amides is 1. The van der Waals surface area contributed by atoms with Crippen LogP contribution in [0.3, 0.4) is 0 Å². The number of hydrogen-bond acceptors (Lipinski definition) is 3. The summed E-state index contributed by atoms with van der Waals surface area (Å²) in [6.07, 6.45) is 6.83. The third kappa shape index (κ3) is 2.56. The van der Waals surface area contributed by atoms with Crippen molar-refractivity contribution in [1.29, 1.82) is 0 Å². The van der Waals surface area contributed by atoms with E-state index in [2.05, 4.69) is 22.2 Å². The van der Waals surface area contributed by atoms with Crippen LogP contribution >= 0.6 is 0 Å². The molecule has 0 aromatic carbocycles. The van der Waals surface area contributed by atoms with Gasteiger partial charge in [-0.2, -0.15) is 0 Å². The SMILES string of the molecule is CN1CCC(NC(=O)n2ccnc2)CC1. The molecule has 0 saturated carbocycles. The first-order valence-electron chi connectivity index (χ1n) is 5.23. The van der Waals surface area contributed by atoms with Gasteiger partial charge in [0.05, 0.1) is 0 Å². The smallest absolute Gasteiger partial charge is 0.327 e. The maximum Gasteiger partial charge on any atom is 0.327 e. The van der Waals surface area contributed by atoms with Gasteiger partial charge in [-0.1, -0.05) is 0 Å². The van der Waals surface area contributed by atoms with Gasteiger partial charge in [0.25, 0.3) is 0 Å². The summed E-state index contributed by atoms with van der Waals surface area (Å²) in [5, 5.41) is 3.00. The fourth-order valence-electron chi connectivity index (χ4n) is 1.78. The van der Waals surface area contributed by atoms with Crippen LogP contribution in [-0.4, -0.2) is 46.7 Å². The molecule has 1 fully saturated rings. The first-order valence-corrected chi connectivity index (χ1v) is 5.23. The van der Waals surface area contributed by atoms with Crippen molar-refractivity contribution in [3.63, 3.8) is 0 Å². The second kappa shape index (κ2) is 4.44. The Morgan fingerprint density at radius 3 is 2.80 bits per heavy atom. The van der Waals surface area contributed by atoms with Gasteiger partial charge in [0.2, 0.25) is 0 Å². The topological polar surface area (TPSA) is 50.2 Å². The fourth-order valence-corrected chi connectivity index (χ4v) is 1.78. The predicted octanol–water partition coefficient (Wildman–Crippen LogP) is 0.535. The van der Waals surface area contributed by atoms with Crippen LogP contribution in [-0.2, 0) is 0 Å². The molecule has 1 aliphatic heterocycles. The van der Waals surface area contributed by atoms with Gasteiger partial charge < -0.3 is 10.2 Å². The normalized spacial score (nSPS) is 19.0. The number of hydrogen-bond donors (Lipinski definition) is 1. The van der Waals surface area contributed by atoms with Crippen LogP contribution < -0.4 is 5.32 Å². The number of likely N-dealkylation sites (tertiary alicyclic amines) is 1. The average Bonchev–Trinajstić information content (AvgIpc) is 2.74. The third-order valence-electron chi connectivity index (χ3n) is 2.79. The Bertz CT molecular complexity index is 314. The van der Waals surface area contributed by atoms with Crippen molar-refractivity contribution >= 4 is 6.03 Å². The van der Waals surface area contributed by atoms with Crippen molar-refractivity contribution in [3.05, 3.63) is 18.7 Å². The van der Waals surface area contributed by atoms with Gasteiger partial charge >= 0.3 is 6.03 Å². The maximum atomic E-state index is 11.7. The number of imidazole rings is 1. The maximum absolute atomic E-state index is 11.7. The summed E-state index contributed by atoms with van der Waals surface area (Å²) in [5.41, 5.74) is 0. The average molecular weight is 208 g/mol. The van der Waals surface area contributed by atoms with Gasteiger partial charge in [0.15, 0.2) is 0 Å². The molecule has 0 radical (unpaired) electrons. The monoisotopic (exact) mass is 208 g/mol. The zero-order valence-electron chi connectivity index (χ0n) is 8.89. The van der Waals surface area contributed by atoms with E-state index in [1.807, 2.05) is 0 Å². The van der Waals surface area contributed by atoms with E-state index in [0.29, 0.717) is 6.04 Å². The number of carbonyl (C=O) groups excluding carboxylic acids is 1. The Balaban J connectivity index is 1.85. The quantitative estimate of drug-likeness (QED) is 0.732. The minimum absolute atomic E-state index is 0.0814. The number of nitrogens with zero attached hydrogens (tertiary/aromatic N) is 3. The fraction of sp³-hybridized carbons (Fsp3) is 0.600. The van der Waals surface area contributed by atoms with Crippen molar-refractivity contribution in [2.24, 2.45) is 0 Å². The van der Waals surface area contributed by atoms with E-state index in [4.69, 9.17) is 0 Å². The zero-order chi connectivity index (χ0) is 10.7. The summed E-state index contributed by atoms with van der Waals surface area (Å²) in [4.78, 5) is 17.8. The number of aromatic nitrogens is 2. The van der Waals surface area contributed by atoms with E-state index in [1.165, 1.54) is 10.9 Å². The van der Waals surface area contributed by atoms with Gasteiger partial charge in [-0.15, -0.1) is 0 Å². The molecule has 0 atom stereocenters. The number of nitrogens with one attached hydrogen (secondary N) is 1. The lowest BCUT2D eigenvalue weighted by Crippen LogP contribution is -2.44. The molecule has 0 unspecified atom stereocenters. The van der Waals surface area contributed by atoms with Crippen LogP contribution in [0.25, 0.3) is 0 Å². The van der Waals surface area contributed by atoms with Crippen molar-refractivity contribution in [1.82, 2.24) is 19.8 Å². The zero-order valence-corrected chi connectivity index (χ0v) is 8.89. The lowest BCUT2D eigenvalue weighted by Gasteiger charge is -2.29. The summed E-state index contributed by atoms with van der Waals surface area (Å²) < 4.78 is 1.47. The molecule has 0 spiro atoms. The molecule has 1 saturated heterocycles. The number of carbonyl (C=O) groups is 1. The summed E-state index contributed by atoms with van der Waals surface area (Å²) in [6, 6.07) is 0.221. The highest BCUT2D eigenvalue weighted by atomic mass is 16.2. The molecule has 1 aromatic heterocycles. The minimum atomic E-state index is -0.0814. The highest BCUT2D eigenvalue weighted by molar-refractivity contribution is 5.76. The Kier molecular flexibility index (Phi) is 3.01. The van der Waals surface area contributed by atoms with Gasteiger partial charge in [-0.3, -0.25) is 4.57 Å². The van der Waals surface area contributed by atoms with Crippen LogP contribution in [0.4, 0.5) is 4.79 Å². The van der Waals surface area contributed by atoms with Gasteiger partial charge in [-0.05, 0) is 33.0 Å². The third-order valence-corrected chi connectivity index (χ3v) is 2.79. The van der Waals surface area contributed by atoms with Crippen LogP contribution in [0, 0.1) is 0 Å². The van der Waals surface area contributed by atoms with Crippen LogP contribution in [0.5, 0.6) is 0 Å². The molecule has 2 heterocycles. The van der Waals surface area contributed by atoms with E-state index in [1.54, 1.807) is 12.4 Å². The van der Waals surface area contributed by atoms with Crippen LogP contribution in [0.15, 0.2) is 18.7 Å². The molecule has 5 heteroatoms. The molecule has 2 rings (SSSR count). The molecular formula is C10H16N4O. The highest BCUT2D eigenvalue weighted by Gasteiger charge is 2.18. The highest BCUT2D eigenvalue weighted by Crippen LogP contribution is 2.08. The predicted molar refractivity (Wildman–Crippen MR) is 56.7 cm³/mol. The van der Waals surface area contributed by atoms with E-state index >= 15 is 0 Å². The van der Waals surface area contributed by atoms with Gasteiger partial charge in [0.1, 0.15) is 6.33 Å². The summed E-state index contributed by atoms with van der Waals surface area (Å²) in [7, 11) is 2.11. The lowest BCUT2D eigenvalue weighted by molar-refractivity contribution is 0.215. The summed E-state index contributed by atoms with van der Waals surface area (Å²) >= 11 is 0. The van der Waals surface area contributed by atoms with Crippen molar-refractivity contribution in [3.8, 4) is 0 Å². The largest absolute Gasteiger partial charge is 0.335 e. The molecule has 5 nitrogen and oxygen atoms in total. The van der Waals surface area contributed by atoms with E-state index in [-0.39, 0.29) is 6.03 Å². The van der Waals surface area contributed by atoms with Gasteiger partial charge in [0, 0.05) is 18.4 Å². The molecule has 1 N–H and O–H groups in total. The summed E-state index contributed by atoms with van der Waals surface area (Å²) in [6.45, 7) is 2.10. The van der Waals surface area contributed by atoms with E-state index in [9.17, 15) is 4.79 Å². The van der Waals surface area contributed by atoms with Crippen molar-refractivity contribution < 1.29 is 4.79 Å². The Morgan fingerprint density at radius 2 is 2.20 bits per heavy atom. The molecule has 0 aliphatic carbocycles. The number of rotatable bonds is 1. The Morgan fingerprint density at radius 1 is 1.47 bits per heavy atom. The first-order chi connectivity index (χ1) is 7.25. The minimum Gasteiger partial charge on any atom is -0.335 e. The van der Waals surface area contributed by atoms with Crippen LogP contribution in [0.1, 0.15) is 12.8 Å². The molecule has 1 amide bonds. The molecule has 15 heavy (non-hydrogen) atoms. The van der Waals surface area contributed by atoms with Gasteiger partial charge in [-0.25, -0.2) is 9.78 Å². The van der Waals surface area contributed by atoms with Crippen molar-refractivity contribution in [2.45, 2.75) is 18.9 Å². The standard InChI is InChI=1S/C10H16N4O/c1-13-5-2-9(3-6-13)12-10(15)14-7-4-11-8-14/h4,7-9H,2-3,5-6H2,1H3,(H,12,15). The Labute approximate surface area is 89.1 Å². The Hall–Kier alpha value is -1.36. The van der Waals surface area contributed by atoms with E-state index in [0.717, 1.165) is 25.9 Å². The number of piperidine rings is 1. The van der Waals surface area contributed by atoms with Crippen LogP contribution in [0.2, 0.25) is 0 Å². The second-order valence-electron chi connectivity index (χ2n) is 4.00. The summed E-state index contributed by atoms with van der Waals surface area (Å²) in [5.74, 6) is 0. The lowest BCUT2D eigenvalue weighted by atomic mass is 10.1. The molecule has 1 aliphatic rings. The molecule has 1 aromatic rings. The molecule has 0 bridgehead atoms. The van der Waals surface area contributed by atoms with Crippen molar-refractivity contribution in [2.75, 3.05) is 20.1 Å². The van der Waals surface area contributed by atoms with E-state index < -0.39 is 0 Å². The molecular weight excluding hydrogens is 192 g/mol.